The number of hydrogen-bond donors (Lipinski definition) is 0. The molecule has 0 saturated heterocycles. The molecule has 0 heterocycles. The number of carbonyl (C=O) groups is 1. The summed E-state index contributed by atoms with van der Waals surface area (Å²) in [5.41, 5.74) is 0. The Balaban J connectivity index is 5.16. The highest BCUT2D eigenvalue weighted by molar-refractivity contribution is 5.74. The molecule has 0 saturated carbocycles. The molecule has 0 amide bonds. The predicted octanol–water partition coefficient (Wildman–Crippen LogP) is 0.569. The summed E-state index contributed by atoms with van der Waals surface area (Å²) >= 11 is 0. The maximum atomic E-state index is 11.7. The second-order valence-electron chi connectivity index (χ2n) is 1.93. The molecule has 9 heteroatoms. The molecule has 0 unspecified atom stereocenters. The van der Waals surface area contributed by atoms with Crippen LogP contribution in [0.15, 0.2) is 0 Å². The highest BCUT2D eigenvalue weighted by Crippen LogP contribution is 2.45. The second-order valence-corrected chi connectivity index (χ2v) is 1.93. The molecule has 13 heavy (non-hydrogen) atoms. The van der Waals surface area contributed by atoms with Crippen LogP contribution in [0.2, 0.25) is 0 Å². The molecule has 0 aliphatic heterocycles. The molecule has 0 N–H and O–H groups in total. The van der Waals surface area contributed by atoms with Gasteiger partial charge in [0.15, 0.2) is 0 Å². The van der Waals surface area contributed by atoms with Crippen molar-refractivity contribution in [2.75, 3.05) is 0 Å². The molecule has 0 radical (unpaired) electrons. The van der Waals surface area contributed by atoms with E-state index in [9.17, 15) is 40.6 Å². The number of rotatable bonds is 2. The molecule has 0 bridgehead atoms. The average Bonchev–Trinajstić information content (AvgIpc) is 1.84. The van der Waals surface area contributed by atoms with Crippen LogP contribution in [-0.2, 0) is 4.79 Å². The van der Waals surface area contributed by atoms with E-state index in [-0.39, 0.29) is 0 Å². The number of carbonyl (C=O) groups excluding carboxylic acids is 1. The van der Waals surface area contributed by atoms with E-state index in [0.29, 0.717) is 0 Å². The normalized spacial score (nSPS) is 14.4. The first-order valence-electron chi connectivity index (χ1n) is 2.48. The van der Waals surface area contributed by atoms with Crippen LogP contribution in [0.5, 0.6) is 0 Å². The summed E-state index contributed by atoms with van der Waals surface area (Å²) in [5.74, 6) is -16.7. The van der Waals surface area contributed by atoms with Crippen LogP contribution in [-0.4, -0.2) is 24.0 Å². The number of carboxylic acid groups (broad SMARTS) is 1. The van der Waals surface area contributed by atoms with E-state index >= 15 is 0 Å². The number of aliphatic carboxylic acids is 1. The monoisotopic (exact) mass is 213 g/mol. The third kappa shape index (κ3) is 1.68. The van der Waals surface area contributed by atoms with E-state index in [1.807, 2.05) is 0 Å². The molecule has 0 aliphatic rings. The Hall–Kier alpha value is -1.02. The van der Waals surface area contributed by atoms with Gasteiger partial charge in [-0.2, -0.15) is 30.7 Å². The summed E-state index contributed by atoms with van der Waals surface area (Å²) in [4.78, 5) is 9.27. The van der Waals surface area contributed by atoms with Gasteiger partial charge in [-0.25, -0.2) is 0 Å². The zero-order valence-corrected chi connectivity index (χ0v) is 5.46. The zero-order chi connectivity index (χ0) is 11.1. The van der Waals surface area contributed by atoms with Crippen molar-refractivity contribution in [3.8, 4) is 0 Å². The van der Waals surface area contributed by atoms with E-state index in [0.717, 1.165) is 0 Å². The first-order valence-corrected chi connectivity index (χ1v) is 2.48. The van der Waals surface area contributed by atoms with E-state index in [1.165, 1.54) is 0 Å². The van der Waals surface area contributed by atoms with Gasteiger partial charge >= 0.3 is 18.0 Å². The van der Waals surface area contributed by atoms with Crippen LogP contribution in [0.25, 0.3) is 0 Å². The summed E-state index contributed by atoms with van der Waals surface area (Å²) in [6.07, 6.45) is -6.64. The Bertz CT molecular complexity index is 217. The summed E-state index contributed by atoms with van der Waals surface area (Å²) in [5, 5.41) is 9.27. The van der Waals surface area contributed by atoms with Crippen molar-refractivity contribution in [2.45, 2.75) is 18.0 Å². The van der Waals surface area contributed by atoms with E-state index < -0.39 is 24.0 Å². The molecule has 0 atom stereocenters. The van der Waals surface area contributed by atoms with Crippen molar-refractivity contribution in [3.63, 3.8) is 0 Å². The summed E-state index contributed by atoms with van der Waals surface area (Å²) < 4.78 is 80.2. The van der Waals surface area contributed by atoms with Gasteiger partial charge in [0.25, 0.3) is 0 Å². The van der Waals surface area contributed by atoms with Gasteiger partial charge in [0.2, 0.25) is 0 Å². The number of hydrogen-bond acceptors (Lipinski definition) is 2. The minimum Gasteiger partial charge on any atom is -0.544 e. The van der Waals surface area contributed by atoms with Crippen LogP contribution in [0.4, 0.5) is 30.7 Å². The van der Waals surface area contributed by atoms with E-state index in [4.69, 9.17) is 0 Å². The Labute approximate surface area is 65.9 Å². The summed E-state index contributed by atoms with van der Waals surface area (Å²) in [6.45, 7) is 0. The quantitative estimate of drug-likeness (QED) is 0.629. The fraction of sp³-hybridized carbons (Fsp3) is 0.750. The van der Waals surface area contributed by atoms with Crippen LogP contribution in [0.1, 0.15) is 0 Å². The van der Waals surface area contributed by atoms with Crippen LogP contribution in [0, 0.1) is 0 Å². The molecule has 0 spiro atoms. The van der Waals surface area contributed by atoms with Crippen molar-refractivity contribution in [1.82, 2.24) is 0 Å². The number of alkyl halides is 7. The second kappa shape index (κ2) is 2.74. The molecule has 0 aromatic heterocycles. The molecule has 0 aromatic carbocycles. The van der Waals surface area contributed by atoms with E-state index in [2.05, 4.69) is 0 Å². The summed E-state index contributed by atoms with van der Waals surface area (Å²) in [6, 6.07) is 0. The first-order chi connectivity index (χ1) is 5.44. The van der Waals surface area contributed by atoms with Crippen molar-refractivity contribution < 1.29 is 40.6 Å². The van der Waals surface area contributed by atoms with Gasteiger partial charge in [-0.1, -0.05) is 0 Å². The Kier molecular flexibility index (Phi) is 2.52. The Morgan fingerprint density at radius 3 is 1.31 bits per heavy atom. The molecule has 78 valence electrons. The maximum Gasteiger partial charge on any atom is 0.460 e. The lowest BCUT2D eigenvalue weighted by Gasteiger charge is -2.28. The van der Waals surface area contributed by atoms with Crippen LogP contribution in [0.3, 0.4) is 0 Å². The van der Waals surface area contributed by atoms with Crippen molar-refractivity contribution in [1.29, 1.82) is 0 Å². The van der Waals surface area contributed by atoms with Crippen molar-refractivity contribution in [2.24, 2.45) is 0 Å². The van der Waals surface area contributed by atoms with Crippen LogP contribution < -0.4 is 5.11 Å². The topological polar surface area (TPSA) is 40.1 Å². The zero-order valence-electron chi connectivity index (χ0n) is 5.46. The van der Waals surface area contributed by atoms with Gasteiger partial charge in [0.05, 0.1) is 0 Å². The summed E-state index contributed by atoms with van der Waals surface area (Å²) in [7, 11) is 0. The van der Waals surface area contributed by atoms with Crippen molar-refractivity contribution in [3.05, 3.63) is 0 Å². The minimum atomic E-state index is -6.64. The van der Waals surface area contributed by atoms with Gasteiger partial charge in [-0.3, -0.25) is 0 Å². The lowest BCUT2D eigenvalue weighted by Crippen LogP contribution is -2.60. The number of carboxylic acids is 1. The smallest absolute Gasteiger partial charge is 0.460 e. The SMILES string of the molecule is O=C([O-])C(F)(F)C(F)(F)C(F)(F)F. The van der Waals surface area contributed by atoms with Gasteiger partial charge in [-0.15, -0.1) is 0 Å². The Morgan fingerprint density at radius 1 is 0.923 bits per heavy atom. The van der Waals surface area contributed by atoms with Crippen LogP contribution >= 0.6 is 0 Å². The molecule has 2 nitrogen and oxygen atoms in total. The predicted molar refractivity (Wildman–Crippen MR) is 21.0 cm³/mol. The molecule has 0 rings (SSSR count). The third-order valence-corrected chi connectivity index (χ3v) is 1.01. The average molecular weight is 213 g/mol. The van der Waals surface area contributed by atoms with Gasteiger partial charge in [0.1, 0.15) is 5.97 Å². The standard InChI is InChI=1S/C4HF7O2/c5-2(6,1(12)13)3(7,8)4(9,10)11/h(H,12,13)/p-1. The fourth-order valence-electron chi connectivity index (χ4n) is 0.306. The number of halogens is 7. The fourth-order valence-corrected chi connectivity index (χ4v) is 0.306. The largest absolute Gasteiger partial charge is 0.544 e. The lowest BCUT2D eigenvalue weighted by molar-refractivity contribution is -0.387. The first kappa shape index (κ1) is 12.0. The minimum absolute atomic E-state index is 3.78. The van der Waals surface area contributed by atoms with Gasteiger partial charge < -0.3 is 9.90 Å². The molecular weight excluding hydrogens is 213 g/mol. The Morgan fingerprint density at radius 2 is 1.23 bits per heavy atom. The van der Waals surface area contributed by atoms with Gasteiger partial charge in [0, 0.05) is 0 Å². The molecule has 0 aromatic rings. The highest BCUT2D eigenvalue weighted by Gasteiger charge is 2.73. The molecule has 0 aliphatic carbocycles. The maximum absolute atomic E-state index is 11.7. The third-order valence-electron chi connectivity index (χ3n) is 1.01. The lowest BCUT2D eigenvalue weighted by atomic mass is 10.1. The highest BCUT2D eigenvalue weighted by atomic mass is 19.4. The van der Waals surface area contributed by atoms with Crippen molar-refractivity contribution >= 4 is 5.97 Å². The van der Waals surface area contributed by atoms with Gasteiger partial charge in [-0.05, 0) is 0 Å². The van der Waals surface area contributed by atoms with E-state index in [1.54, 1.807) is 0 Å². The molecular formula is C4F7O2-. The molecule has 0 fully saturated rings.